The second-order valence-corrected chi connectivity index (χ2v) is 5.03. The molecule has 1 aromatic rings. The van der Waals surface area contributed by atoms with E-state index in [4.69, 9.17) is 11.5 Å². The number of rotatable bonds is 4. The van der Waals surface area contributed by atoms with E-state index >= 15 is 0 Å². The normalized spacial score (nSPS) is 13.3. The molecule has 1 rings (SSSR count). The lowest BCUT2D eigenvalue weighted by Crippen LogP contribution is -2.42. The maximum Gasteiger partial charge on any atom is 0.241 e. The number of benzene rings is 1. The van der Waals surface area contributed by atoms with Crippen molar-refractivity contribution in [3.63, 3.8) is 0 Å². The number of nitrogens with two attached hydrogens (primary N) is 2. The lowest BCUT2D eigenvalue weighted by molar-refractivity contribution is -0.119. The van der Waals surface area contributed by atoms with E-state index in [0.717, 1.165) is 0 Å². The predicted octanol–water partition coefficient (Wildman–Crippen LogP) is -0.579. The molecule has 0 aliphatic carbocycles. The summed E-state index contributed by atoms with van der Waals surface area (Å²) in [6.07, 6.45) is 0. The Kier molecular flexibility index (Phi) is 3.51. The van der Waals surface area contributed by atoms with E-state index < -0.39 is 22.0 Å². The molecule has 0 radical (unpaired) electrons. The Morgan fingerprint density at radius 3 is 2.25 bits per heavy atom. The van der Waals surface area contributed by atoms with Crippen molar-refractivity contribution in [3.8, 4) is 0 Å². The minimum absolute atomic E-state index is 0.0369. The Hall–Kier alpha value is -1.60. The van der Waals surface area contributed by atoms with Gasteiger partial charge >= 0.3 is 0 Å². The molecule has 1 amide bonds. The Morgan fingerprint density at radius 1 is 1.31 bits per heavy atom. The Morgan fingerprint density at radius 2 is 1.81 bits per heavy atom. The van der Waals surface area contributed by atoms with Crippen molar-refractivity contribution >= 4 is 21.6 Å². The summed E-state index contributed by atoms with van der Waals surface area (Å²) in [5.74, 6) is -0.737. The van der Waals surface area contributed by atoms with Crippen molar-refractivity contribution in [2.45, 2.75) is 17.9 Å². The van der Waals surface area contributed by atoms with E-state index in [1.165, 1.54) is 31.2 Å². The highest BCUT2D eigenvalue weighted by atomic mass is 32.2. The van der Waals surface area contributed by atoms with Gasteiger partial charge < -0.3 is 11.5 Å². The molecule has 0 aliphatic rings. The molecule has 0 saturated heterocycles. The van der Waals surface area contributed by atoms with Gasteiger partial charge in [-0.25, -0.2) is 8.42 Å². The van der Waals surface area contributed by atoms with Crippen LogP contribution in [-0.2, 0) is 14.8 Å². The molecule has 1 atom stereocenters. The van der Waals surface area contributed by atoms with Crippen LogP contribution >= 0.6 is 0 Å². The summed E-state index contributed by atoms with van der Waals surface area (Å²) in [6.45, 7) is 1.37. The summed E-state index contributed by atoms with van der Waals surface area (Å²) in [7, 11) is -3.73. The van der Waals surface area contributed by atoms with Crippen molar-refractivity contribution in [2.24, 2.45) is 5.73 Å². The molecule has 0 aromatic heterocycles. The van der Waals surface area contributed by atoms with Gasteiger partial charge in [-0.3, -0.25) is 4.79 Å². The fourth-order valence-electron chi connectivity index (χ4n) is 1.01. The first-order chi connectivity index (χ1) is 7.33. The topological polar surface area (TPSA) is 115 Å². The van der Waals surface area contributed by atoms with E-state index in [0.29, 0.717) is 5.69 Å². The van der Waals surface area contributed by atoms with Gasteiger partial charge in [0.1, 0.15) is 0 Å². The summed E-state index contributed by atoms with van der Waals surface area (Å²) in [4.78, 5) is 10.8. The Bertz CT molecular complexity index is 481. The molecule has 1 aromatic carbocycles. The first-order valence-corrected chi connectivity index (χ1v) is 5.98. The van der Waals surface area contributed by atoms with Crippen LogP contribution in [0, 0.1) is 0 Å². The smallest absolute Gasteiger partial charge is 0.241 e. The second-order valence-electron chi connectivity index (χ2n) is 3.31. The number of carbonyl (C=O) groups is 1. The number of sulfonamides is 1. The third-order valence-corrected chi connectivity index (χ3v) is 3.51. The van der Waals surface area contributed by atoms with E-state index in [-0.39, 0.29) is 4.90 Å². The molecule has 0 bridgehead atoms. The number of hydrogen-bond donors (Lipinski definition) is 3. The molecule has 0 fully saturated rings. The SMILES string of the molecule is CC(NS(=O)(=O)c1ccc(N)cc1)C(N)=O. The van der Waals surface area contributed by atoms with Gasteiger partial charge in [0.25, 0.3) is 0 Å². The Labute approximate surface area is 93.7 Å². The first-order valence-electron chi connectivity index (χ1n) is 4.50. The van der Waals surface area contributed by atoms with Crippen molar-refractivity contribution < 1.29 is 13.2 Å². The van der Waals surface area contributed by atoms with Crippen molar-refractivity contribution in [1.29, 1.82) is 0 Å². The minimum Gasteiger partial charge on any atom is -0.399 e. The van der Waals surface area contributed by atoms with Crippen LogP contribution in [0.3, 0.4) is 0 Å². The van der Waals surface area contributed by atoms with E-state index in [9.17, 15) is 13.2 Å². The zero-order chi connectivity index (χ0) is 12.3. The lowest BCUT2D eigenvalue weighted by atomic mass is 10.3. The van der Waals surface area contributed by atoms with Gasteiger partial charge in [0, 0.05) is 5.69 Å². The predicted molar refractivity (Wildman–Crippen MR) is 59.8 cm³/mol. The third-order valence-electron chi connectivity index (χ3n) is 1.95. The van der Waals surface area contributed by atoms with Gasteiger partial charge in [-0.1, -0.05) is 0 Å². The van der Waals surface area contributed by atoms with Gasteiger partial charge in [-0.2, -0.15) is 4.72 Å². The molecule has 0 heterocycles. The molecule has 6 nitrogen and oxygen atoms in total. The number of nitrogen functional groups attached to an aromatic ring is 1. The van der Waals surface area contributed by atoms with Crippen LogP contribution in [0.15, 0.2) is 29.2 Å². The third kappa shape index (κ3) is 2.94. The molecule has 0 saturated carbocycles. The zero-order valence-corrected chi connectivity index (χ0v) is 9.49. The van der Waals surface area contributed by atoms with Crippen LogP contribution in [-0.4, -0.2) is 20.4 Å². The second kappa shape index (κ2) is 4.50. The standard InChI is InChI=1S/C9H13N3O3S/c1-6(9(11)13)12-16(14,15)8-4-2-7(10)3-5-8/h2-6,12H,10H2,1H3,(H2,11,13). The quantitative estimate of drug-likeness (QED) is 0.613. The summed E-state index contributed by atoms with van der Waals surface area (Å²) >= 11 is 0. The van der Waals surface area contributed by atoms with Crippen LogP contribution in [0.1, 0.15) is 6.92 Å². The van der Waals surface area contributed by atoms with Crippen molar-refractivity contribution in [1.82, 2.24) is 4.72 Å². The van der Waals surface area contributed by atoms with E-state index in [1.807, 2.05) is 0 Å². The van der Waals surface area contributed by atoms with Crippen LogP contribution < -0.4 is 16.2 Å². The molecule has 5 N–H and O–H groups in total. The van der Waals surface area contributed by atoms with E-state index in [2.05, 4.69) is 4.72 Å². The highest BCUT2D eigenvalue weighted by Crippen LogP contribution is 2.11. The average Bonchev–Trinajstić information content (AvgIpc) is 2.17. The first kappa shape index (κ1) is 12.5. The van der Waals surface area contributed by atoms with Crippen molar-refractivity contribution in [3.05, 3.63) is 24.3 Å². The van der Waals surface area contributed by atoms with Gasteiger partial charge in [0.05, 0.1) is 10.9 Å². The molecular weight excluding hydrogens is 230 g/mol. The van der Waals surface area contributed by atoms with Crippen LogP contribution in [0.2, 0.25) is 0 Å². The molecular formula is C9H13N3O3S. The number of nitrogens with one attached hydrogen (secondary N) is 1. The van der Waals surface area contributed by atoms with Gasteiger partial charge in [0.15, 0.2) is 0 Å². The number of hydrogen-bond acceptors (Lipinski definition) is 4. The summed E-state index contributed by atoms with van der Waals surface area (Å²) < 4.78 is 25.5. The monoisotopic (exact) mass is 243 g/mol. The van der Waals surface area contributed by atoms with Gasteiger partial charge in [0.2, 0.25) is 15.9 Å². The molecule has 88 valence electrons. The summed E-state index contributed by atoms with van der Waals surface area (Å²) in [6, 6.07) is 4.67. The molecule has 1 unspecified atom stereocenters. The molecule has 0 spiro atoms. The highest BCUT2D eigenvalue weighted by molar-refractivity contribution is 7.89. The van der Waals surface area contributed by atoms with E-state index in [1.54, 1.807) is 0 Å². The van der Waals surface area contributed by atoms with Gasteiger partial charge in [-0.15, -0.1) is 0 Å². The fourth-order valence-corrected chi connectivity index (χ4v) is 2.22. The highest BCUT2D eigenvalue weighted by Gasteiger charge is 2.19. The lowest BCUT2D eigenvalue weighted by Gasteiger charge is -2.10. The Balaban J connectivity index is 2.94. The molecule has 0 aliphatic heterocycles. The zero-order valence-electron chi connectivity index (χ0n) is 8.67. The minimum atomic E-state index is -3.73. The fraction of sp³-hybridized carbons (Fsp3) is 0.222. The van der Waals surface area contributed by atoms with Gasteiger partial charge in [-0.05, 0) is 31.2 Å². The maximum atomic E-state index is 11.7. The number of primary amides is 1. The number of carbonyl (C=O) groups excluding carboxylic acids is 1. The molecule has 7 heteroatoms. The maximum absolute atomic E-state index is 11.7. The summed E-state index contributed by atoms with van der Waals surface area (Å²) in [5.41, 5.74) is 10.8. The van der Waals surface area contributed by atoms with Crippen LogP contribution in [0.25, 0.3) is 0 Å². The average molecular weight is 243 g/mol. The van der Waals surface area contributed by atoms with Crippen LogP contribution in [0.5, 0.6) is 0 Å². The number of anilines is 1. The summed E-state index contributed by atoms with van der Waals surface area (Å²) in [5, 5.41) is 0. The van der Waals surface area contributed by atoms with Crippen molar-refractivity contribution in [2.75, 3.05) is 5.73 Å². The largest absolute Gasteiger partial charge is 0.399 e. The number of amides is 1. The molecule has 16 heavy (non-hydrogen) atoms. The van der Waals surface area contributed by atoms with Crippen LogP contribution in [0.4, 0.5) is 5.69 Å².